The minimum Gasteiger partial charge on any atom is -0.380 e. The number of carbonyl (C=O) groups is 6. The number of nitrogens with zero attached hydrogens (tertiary/aromatic N) is 1. The minimum atomic E-state index is -1.04. The number of ether oxygens (including phenoxy) is 4. The van der Waals surface area contributed by atoms with Gasteiger partial charge in [0.05, 0.1) is 62.4 Å². The fraction of sp³-hybridized carbons (Fsp3) is 0.612. The number of thiocarbonyl (C=S) groups is 1. The second kappa shape index (κ2) is 32.0. The van der Waals surface area contributed by atoms with Crippen molar-refractivity contribution in [3.63, 3.8) is 0 Å². The standard InChI is InChI=1S/C49H72N6O10S/c1-2-3-4-5-6-7-8-9-10-11-15-24-44(66)50-28-17-16-22-40(46(58)52-37-19-13-12-14-20-37)53-43(57)27-29-62-30-31-63-32-33-64-34-35-65-36-51-39-23-18-21-38-45(39)49(61)55(48(38)60)41-25-26-42(56)54-47(41)59/h12-14,18-21,23,40-41,51H,2-11,15-17,22,24-36H2,1H3,(H,50,66)(H,52,58)(H,53,57)(H,54,56,59)/t40-,41?/m0/s1. The molecule has 1 saturated heterocycles. The van der Waals surface area contributed by atoms with E-state index in [2.05, 4.69) is 33.5 Å². The molecule has 1 fully saturated rings. The summed E-state index contributed by atoms with van der Waals surface area (Å²) in [5.41, 5.74) is 1.40. The fourth-order valence-electron chi connectivity index (χ4n) is 7.71. The summed E-state index contributed by atoms with van der Waals surface area (Å²) in [5.74, 6) is -2.81. The Bertz CT molecular complexity index is 1830. The Morgan fingerprint density at radius 3 is 2.03 bits per heavy atom. The van der Waals surface area contributed by atoms with Crippen LogP contribution >= 0.6 is 12.2 Å². The number of anilines is 2. The number of fused-ring (bicyclic) bond motifs is 1. The molecule has 2 aliphatic heterocycles. The van der Waals surface area contributed by atoms with E-state index in [1.54, 1.807) is 12.1 Å². The van der Waals surface area contributed by atoms with Gasteiger partial charge in [0.1, 0.15) is 18.8 Å². The molecule has 16 nitrogen and oxygen atoms in total. The number of carbonyl (C=O) groups excluding carboxylic acids is 6. The van der Waals surface area contributed by atoms with Crippen LogP contribution in [-0.2, 0) is 38.1 Å². The maximum absolute atomic E-state index is 13.2. The number of amides is 6. The van der Waals surface area contributed by atoms with E-state index in [0.717, 1.165) is 42.1 Å². The van der Waals surface area contributed by atoms with Crippen LogP contribution < -0.4 is 26.6 Å². The summed E-state index contributed by atoms with van der Waals surface area (Å²) in [6.07, 6.45) is 17.5. The van der Waals surface area contributed by atoms with Gasteiger partial charge in [-0.25, -0.2) is 0 Å². The van der Waals surface area contributed by atoms with E-state index < -0.39 is 35.7 Å². The van der Waals surface area contributed by atoms with Crippen molar-refractivity contribution in [2.45, 2.75) is 135 Å². The third-order valence-electron chi connectivity index (χ3n) is 11.4. The molecule has 2 heterocycles. The molecule has 0 bridgehead atoms. The normalized spacial score (nSPS) is 15.0. The number of hydrogen-bond acceptors (Lipinski definition) is 12. The van der Waals surface area contributed by atoms with E-state index in [1.165, 1.54) is 70.3 Å². The highest BCUT2D eigenvalue weighted by Gasteiger charge is 2.45. The molecule has 0 aromatic heterocycles. The Hall–Kier alpha value is -4.81. The first kappa shape index (κ1) is 53.8. The Morgan fingerprint density at radius 2 is 1.36 bits per heavy atom. The highest BCUT2D eigenvalue weighted by atomic mass is 32.1. The molecule has 0 aliphatic carbocycles. The molecule has 1 unspecified atom stereocenters. The second-order valence-electron chi connectivity index (χ2n) is 16.6. The van der Waals surface area contributed by atoms with Crippen LogP contribution in [0.2, 0.25) is 0 Å². The van der Waals surface area contributed by atoms with Crippen molar-refractivity contribution in [1.82, 2.24) is 20.9 Å². The van der Waals surface area contributed by atoms with Gasteiger partial charge in [0.2, 0.25) is 23.6 Å². The largest absolute Gasteiger partial charge is 0.380 e. The van der Waals surface area contributed by atoms with Crippen molar-refractivity contribution in [3.8, 4) is 0 Å². The predicted octanol–water partition coefficient (Wildman–Crippen LogP) is 6.83. The van der Waals surface area contributed by atoms with E-state index in [1.807, 2.05) is 30.3 Å². The molecule has 0 spiro atoms. The number of hydrogen-bond donors (Lipinski definition) is 5. The zero-order valence-electron chi connectivity index (χ0n) is 38.8. The minimum absolute atomic E-state index is 0.0416. The lowest BCUT2D eigenvalue weighted by Gasteiger charge is -2.27. The lowest BCUT2D eigenvalue weighted by Crippen LogP contribution is -2.54. The first-order valence-corrected chi connectivity index (χ1v) is 24.4. The average molecular weight is 937 g/mol. The summed E-state index contributed by atoms with van der Waals surface area (Å²) >= 11 is 5.56. The predicted molar refractivity (Wildman–Crippen MR) is 257 cm³/mol. The topological polar surface area (TPSA) is 203 Å². The summed E-state index contributed by atoms with van der Waals surface area (Å²) < 4.78 is 22.3. The van der Waals surface area contributed by atoms with Gasteiger partial charge in [-0.3, -0.25) is 39.0 Å². The van der Waals surface area contributed by atoms with Gasteiger partial charge < -0.3 is 40.2 Å². The van der Waals surface area contributed by atoms with Crippen molar-refractivity contribution in [3.05, 3.63) is 59.7 Å². The Kier molecular flexibility index (Phi) is 26.1. The van der Waals surface area contributed by atoms with Crippen LogP contribution in [0.4, 0.5) is 11.4 Å². The van der Waals surface area contributed by atoms with Crippen molar-refractivity contribution in [1.29, 1.82) is 0 Å². The number of imide groups is 2. The van der Waals surface area contributed by atoms with Crippen molar-refractivity contribution in [2.24, 2.45) is 0 Å². The quantitative estimate of drug-likeness (QED) is 0.0206. The molecule has 0 saturated carbocycles. The molecule has 2 aromatic carbocycles. The SMILES string of the molecule is CCCCCCCCCCCCCC(=S)NCCCC[C@H](NC(=O)CCOCCOCCOCCOCNc1cccc2c1C(=O)N(C1CCC(=O)NC1=O)C2=O)C(=O)Nc1ccccc1. The summed E-state index contributed by atoms with van der Waals surface area (Å²) in [6, 6.07) is 12.3. The van der Waals surface area contributed by atoms with Crippen molar-refractivity contribution in [2.75, 3.05) is 70.2 Å². The molecule has 6 amide bonds. The third-order valence-corrected chi connectivity index (χ3v) is 11.7. The van der Waals surface area contributed by atoms with Crippen molar-refractivity contribution >= 4 is 64.0 Å². The number of unbranched alkanes of at least 4 members (excludes halogenated alkanes) is 11. The summed E-state index contributed by atoms with van der Waals surface area (Å²) in [6.45, 7) is 5.01. The van der Waals surface area contributed by atoms with E-state index in [9.17, 15) is 28.8 Å². The van der Waals surface area contributed by atoms with Gasteiger partial charge in [-0.15, -0.1) is 0 Å². The van der Waals surface area contributed by atoms with E-state index >= 15 is 0 Å². The van der Waals surface area contributed by atoms with Crippen LogP contribution in [0.3, 0.4) is 0 Å². The number of nitrogens with one attached hydrogen (secondary N) is 5. The number of para-hydroxylation sites is 1. The third kappa shape index (κ3) is 20.0. The number of benzene rings is 2. The van der Waals surface area contributed by atoms with Gasteiger partial charge in [0.25, 0.3) is 11.8 Å². The van der Waals surface area contributed by atoms with Gasteiger partial charge >= 0.3 is 0 Å². The van der Waals surface area contributed by atoms with Crippen LogP contribution in [0.1, 0.15) is 143 Å². The van der Waals surface area contributed by atoms with Crippen LogP contribution in [0.25, 0.3) is 0 Å². The molecule has 5 N–H and O–H groups in total. The Balaban J connectivity index is 0.998. The monoisotopic (exact) mass is 937 g/mol. The summed E-state index contributed by atoms with van der Waals surface area (Å²) in [4.78, 5) is 78.0. The summed E-state index contributed by atoms with van der Waals surface area (Å²) in [7, 11) is 0. The Morgan fingerprint density at radius 1 is 0.727 bits per heavy atom. The molecular weight excluding hydrogens is 865 g/mol. The van der Waals surface area contributed by atoms with Gasteiger partial charge in [-0.05, 0) is 62.8 Å². The fourth-order valence-corrected chi connectivity index (χ4v) is 7.96. The highest BCUT2D eigenvalue weighted by Crippen LogP contribution is 2.32. The molecule has 2 atom stereocenters. The maximum atomic E-state index is 13.2. The van der Waals surface area contributed by atoms with Gasteiger partial charge in [-0.2, -0.15) is 0 Å². The number of piperidine rings is 1. The molecule has 17 heteroatoms. The molecule has 364 valence electrons. The molecule has 2 aromatic rings. The first-order valence-electron chi connectivity index (χ1n) is 24.0. The van der Waals surface area contributed by atoms with Crippen molar-refractivity contribution < 1.29 is 47.7 Å². The second-order valence-corrected chi connectivity index (χ2v) is 17.1. The zero-order chi connectivity index (χ0) is 47.2. The van der Waals surface area contributed by atoms with Crippen LogP contribution in [0.15, 0.2) is 48.5 Å². The smallest absolute Gasteiger partial charge is 0.264 e. The lowest BCUT2D eigenvalue weighted by molar-refractivity contribution is -0.136. The molecule has 0 radical (unpaired) electrons. The number of rotatable bonds is 36. The van der Waals surface area contributed by atoms with E-state index in [-0.39, 0.29) is 68.8 Å². The highest BCUT2D eigenvalue weighted by molar-refractivity contribution is 7.80. The lowest BCUT2D eigenvalue weighted by atomic mass is 10.0. The molecule has 2 aliphatic rings. The molecule has 4 rings (SSSR count). The molecule has 66 heavy (non-hydrogen) atoms. The van der Waals surface area contributed by atoms with Crippen LogP contribution in [0, 0.1) is 0 Å². The maximum Gasteiger partial charge on any atom is 0.264 e. The summed E-state index contributed by atoms with van der Waals surface area (Å²) in [5, 5.41) is 14.4. The average Bonchev–Trinajstić information content (AvgIpc) is 3.56. The first-order chi connectivity index (χ1) is 32.2. The zero-order valence-corrected chi connectivity index (χ0v) is 39.6. The van der Waals surface area contributed by atoms with E-state index in [0.29, 0.717) is 44.2 Å². The Labute approximate surface area is 395 Å². The van der Waals surface area contributed by atoms with E-state index in [4.69, 9.17) is 31.2 Å². The van der Waals surface area contributed by atoms with Gasteiger partial charge in [0.15, 0.2) is 0 Å². The van der Waals surface area contributed by atoms with Gasteiger partial charge in [-0.1, -0.05) is 108 Å². The van der Waals surface area contributed by atoms with Gasteiger partial charge in [0, 0.05) is 30.8 Å². The van der Waals surface area contributed by atoms with Crippen LogP contribution in [0.5, 0.6) is 0 Å². The van der Waals surface area contributed by atoms with Crippen LogP contribution in [-0.4, -0.2) is 117 Å². The molecular formula is C49H72N6O10S.